The highest BCUT2D eigenvalue weighted by atomic mass is 16.5. The molecule has 0 bridgehead atoms. The summed E-state index contributed by atoms with van der Waals surface area (Å²) in [5.74, 6) is 0.170. The molecule has 0 unspecified atom stereocenters. The van der Waals surface area contributed by atoms with E-state index >= 15 is 0 Å². The molecule has 2 aromatic rings. The normalized spacial score (nSPS) is 10.6. The third-order valence-corrected chi connectivity index (χ3v) is 2.82. The van der Waals surface area contributed by atoms with E-state index in [0.29, 0.717) is 12.0 Å². The topological polar surface area (TPSA) is 59.7 Å². The number of hydrogen-bond acceptors (Lipinski definition) is 4. The number of benzene rings is 1. The van der Waals surface area contributed by atoms with Crippen molar-refractivity contribution in [3.63, 3.8) is 0 Å². The number of methoxy groups -OCH3 is 1. The monoisotopic (exact) mass is 246 g/mol. The first kappa shape index (κ1) is 12.2. The number of fused-ring (bicyclic) bond motifs is 1. The number of phenolic OH excluding ortho intramolecular Hbond substituents is 1. The summed E-state index contributed by atoms with van der Waals surface area (Å²) in [7, 11) is 1.43. The summed E-state index contributed by atoms with van der Waals surface area (Å²) in [6.45, 7) is 5.46. The third kappa shape index (κ3) is 1.86. The van der Waals surface area contributed by atoms with Crippen LogP contribution in [0.4, 0.5) is 0 Å². The maximum Gasteiger partial charge on any atom is 0.336 e. The molecular weight excluding hydrogens is 232 g/mol. The predicted molar refractivity (Wildman–Crippen MR) is 69.3 cm³/mol. The van der Waals surface area contributed by atoms with Crippen molar-refractivity contribution >= 4 is 11.0 Å². The third-order valence-electron chi connectivity index (χ3n) is 2.82. The van der Waals surface area contributed by atoms with Gasteiger partial charge in [0.2, 0.25) is 5.75 Å². The first-order valence-corrected chi connectivity index (χ1v) is 5.52. The predicted octanol–water partition coefficient (Wildman–Crippen LogP) is 2.54. The summed E-state index contributed by atoms with van der Waals surface area (Å²) in [5.41, 5.74) is 1.28. The van der Waals surface area contributed by atoms with E-state index in [1.165, 1.54) is 13.2 Å². The van der Waals surface area contributed by atoms with Crippen LogP contribution in [-0.4, -0.2) is 12.2 Å². The van der Waals surface area contributed by atoms with Gasteiger partial charge in [0, 0.05) is 17.0 Å². The van der Waals surface area contributed by atoms with Gasteiger partial charge in [-0.05, 0) is 25.0 Å². The lowest BCUT2D eigenvalue weighted by Crippen LogP contribution is -2.00. The summed E-state index contributed by atoms with van der Waals surface area (Å²) < 4.78 is 10.3. The molecule has 18 heavy (non-hydrogen) atoms. The Kier molecular flexibility index (Phi) is 3.10. The average Bonchev–Trinajstić information content (AvgIpc) is 2.31. The van der Waals surface area contributed by atoms with Crippen molar-refractivity contribution in [2.75, 3.05) is 7.11 Å². The van der Waals surface area contributed by atoms with Crippen LogP contribution in [0.25, 0.3) is 11.0 Å². The fourth-order valence-electron chi connectivity index (χ4n) is 1.96. The average molecular weight is 246 g/mol. The molecule has 0 amide bonds. The molecule has 0 atom stereocenters. The molecule has 4 nitrogen and oxygen atoms in total. The Bertz CT molecular complexity index is 668. The number of phenols is 1. The van der Waals surface area contributed by atoms with Gasteiger partial charge in [-0.15, -0.1) is 6.58 Å². The summed E-state index contributed by atoms with van der Waals surface area (Å²) in [4.78, 5) is 11.4. The van der Waals surface area contributed by atoms with Gasteiger partial charge in [0.25, 0.3) is 0 Å². The summed E-state index contributed by atoms with van der Waals surface area (Å²) in [5, 5.41) is 10.8. The first-order chi connectivity index (χ1) is 8.58. The molecular formula is C14H14O4. The van der Waals surface area contributed by atoms with E-state index in [-0.39, 0.29) is 17.1 Å². The molecule has 0 saturated heterocycles. The molecule has 0 radical (unpaired) electrons. The molecule has 94 valence electrons. The van der Waals surface area contributed by atoms with Crippen LogP contribution in [0.5, 0.6) is 11.5 Å². The molecule has 1 N–H and O–H groups in total. The quantitative estimate of drug-likeness (QED) is 0.668. The maximum atomic E-state index is 11.4. The Labute approximate surface area is 104 Å². The molecule has 1 aromatic heterocycles. The Morgan fingerprint density at radius 1 is 1.50 bits per heavy atom. The van der Waals surface area contributed by atoms with Crippen molar-refractivity contribution in [2.24, 2.45) is 0 Å². The second-order valence-corrected chi connectivity index (χ2v) is 4.04. The number of rotatable bonds is 3. The number of allylic oxidation sites excluding steroid dienone is 1. The highest BCUT2D eigenvalue weighted by Gasteiger charge is 2.16. The van der Waals surface area contributed by atoms with Gasteiger partial charge in [0.15, 0.2) is 11.3 Å². The number of ether oxygens (including phenoxy) is 1. The smallest absolute Gasteiger partial charge is 0.336 e. The van der Waals surface area contributed by atoms with Crippen molar-refractivity contribution in [3.05, 3.63) is 46.3 Å². The lowest BCUT2D eigenvalue weighted by molar-refractivity contribution is 0.366. The van der Waals surface area contributed by atoms with Crippen molar-refractivity contribution < 1.29 is 14.3 Å². The fraction of sp³-hybridized carbons (Fsp3) is 0.214. The van der Waals surface area contributed by atoms with Gasteiger partial charge in [-0.3, -0.25) is 0 Å². The minimum atomic E-state index is -0.464. The largest absolute Gasteiger partial charge is 0.504 e. The van der Waals surface area contributed by atoms with Crippen LogP contribution in [0.1, 0.15) is 11.1 Å². The van der Waals surface area contributed by atoms with Crippen LogP contribution in [0.3, 0.4) is 0 Å². The van der Waals surface area contributed by atoms with Crippen LogP contribution in [0, 0.1) is 6.92 Å². The van der Waals surface area contributed by atoms with Gasteiger partial charge >= 0.3 is 5.63 Å². The van der Waals surface area contributed by atoms with Gasteiger partial charge < -0.3 is 14.3 Å². The first-order valence-electron chi connectivity index (χ1n) is 5.52. The maximum absolute atomic E-state index is 11.4. The molecule has 0 saturated carbocycles. The van der Waals surface area contributed by atoms with Crippen molar-refractivity contribution in [1.29, 1.82) is 0 Å². The van der Waals surface area contributed by atoms with Crippen LogP contribution in [-0.2, 0) is 6.42 Å². The van der Waals surface area contributed by atoms with E-state index in [1.54, 1.807) is 12.1 Å². The highest BCUT2D eigenvalue weighted by molar-refractivity contribution is 5.89. The highest BCUT2D eigenvalue weighted by Crippen LogP contribution is 2.38. The minimum Gasteiger partial charge on any atom is -0.504 e. The standard InChI is InChI=1S/C14H14O4/c1-4-5-9-7-10-8(2)6-11(15)18-13(10)14(17-3)12(9)16/h4,6-7,16H,1,5H2,2-3H3. The number of aryl methyl sites for hydroxylation is 1. The second-order valence-electron chi connectivity index (χ2n) is 4.04. The molecule has 0 aliphatic carbocycles. The van der Waals surface area contributed by atoms with Crippen LogP contribution >= 0.6 is 0 Å². The second kappa shape index (κ2) is 4.56. The lowest BCUT2D eigenvalue weighted by Gasteiger charge is -2.11. The molecule has 0 spiro atoms. The summed E-state index contributed by atoms with van der Waals surface area (Å²) in [6, 6.07) is 3.20. The van der Waals surface area contributed by atoms with E-state index < -0.39 is 5.63 Å². The molecule has 0 aliphatic rings. The Balaban J connectivity index is 2.92. The van der Waals surface area contributed by atoms with Crippen molar-refractivity contribution in [1.82, 2.24) is 0 Å². The van der Waals surface area contributed by atoms with E-state index in [9.17, 15) is 9.90 Å². The SMILES string of the molecule is C=CCc1cc2c(C)cc(=O)oc2c(OC)c1O. The van der Waals surface area contributed by atoms with Gasteiger partial charge in [-0.25, -0.2) is 4.79 Å². The zero-order valence-corrected chi connectivity index (χ0v) is 10.3. The summed E-state index contributed by atoms with van der Waals surface area (Å²) in [6.07, 6.45) is 2.20. The Hall–Kier alpha value is -2.23. The van der Waals surface area contributed by atoms with Crippen molar-refractivity contribution in [2.45, 2.75) is 13.3 Å². The van der Waals surface area contributed by atoms with E-state index in [4.69, 9.17) is 9.15 Å². The minimum absolute atomic E-state index is 0.0151. The molecule has 0 aliphatic heterocycles. The zero-order valence-electron chi connectivity index (χ0n) is 10.3. The van der Waals surface area contributed by atoms with Gasteiger partial charge in [-0.1, -0.05) is 6.08 Å². The molecule has 1 heterocycles. The van der Waals surface area contributed by atoms with Gasteiger partial charge in [0.05, 0.1) is 7.11 Å². The lowest BCUT2D eigenvalue weighted by atomic mass is 10.0. The van der Waals surface area contributed by atoms with E-state index in [0.717, 1.165) is 10.9 Å². The van der Waals surface area contributed by atoms with Gasteiger partial charge in [0.1, 0.15) is 0 Å². The molecule has 0 fully saturated rings. The van der Waals surface area contributed by atoms with Crippen molar-refractivity contribution in [3.8, 4) is 11.5 Å². The Morgan fingerprint density at radius 2 is 2.22 bits per heavy atom. The van der Waals surface area contributed by atoms with Gasteiger partial charge in [-0.2, -0.15) is 0 Å². The Morgan fingerprint density at radius 3 is 2.83 bits per heavy atom. The molecule has 4 heteroatoms. The number of aromatic hydroxyl groups is 1. The van der Waals surface area contributed by atoms with Crippen LogP contribution < -0.4 is 10.4 Å². The van der Waals surface area contributed by atoms with Crippen LogP contribution in [0.2, 0.25) is 0 Å². The van der Waals surface area contributed by atoms with E-state index in [2.05, 4.69) is 6.58 Å². The number of hydrogen-bond donors (Lipinski definition) is 1. The summed E-state index contributed by atoms with van der Waals surface area (Å²) >= 11 is 0. The fourth-order valence-corrected chi connectivity index (χ4v) is 1.96. The molecule has 1 aromatic carbocycles. The zero-order chi connectivity index (χ0) is 13.3. The van der Waals surface area contributed by atoms with Crippen LogP contribution in [0.15, 0.2) is 34.0 Å². The van der Waals surface area contributed by atoms with E-state index in [1.807, 2.05) is 6.92 Å². The molecule has 2 rings (SSSR count).